The molecule has 0 radical (unpaired) electrons. The average Bonchev–Trinajstić information content (AvgIpc) is 2.69. The summed E-state index contributed by atoms with van der Waals surface area (Å²) >= 11 is 0. The number of benzene rings is 3. The van der Waals surface area contributed by atoms with Crippen molar-refractivity contribution in [1.82, 2.24) is 0 Å². The highest BCUT2D eigenvalue weighted by Crippen LogP contribution is 2.38. The molecular formula is C24H24N2. The molecule has 0 spiro atoms. The molecule has 0 aliphatic heterocycles. The minimum absolute atomic E-state index is 0.394. The SMILES string of the molecule is Nc1ccccc1-c1cccc(C2=CC(c3ccccc3N)CCC2)c1. The molecule has 4 N–H and O–H groups in total. The maximum Gasteiger partial charge on any atom is 0.0393 e. The average molecular weight is 340 g/mol. The number of nitrogens with two attached hydrogens (primary N) is 2. The number of para-hydroxylation sites is 2. The quantitative estimate of drug-likeness (QED) is 0.586. The van der Waals surface area contributed by atoms with Crippen LogP contribution < -0.4 is 11.5 Å². The van der Waals surface area contributed by atoms with Crippen LogP contribution >= 0.6 is 0 Å². The van der Waals surface area contributed by atoms with E-state index in [1.54, 1.807) is 0 Å². The summed E-state index contributed by atoms with van der Waals surface area (Å²) in [4.78, 5) is 0. The smallest absolute Gasteiger partial charge is 0.0393 e. The van der Waals surface area contributed by atoms with Crippen molar-refractivity contribution < 1.29 is 0 Å². The van der Waals surface area contributed by atoms with Gasteiger partial charge >= 0.3 is 0 Å². The molecule has 0 saturated carbocycles. The van der Waals surface area contributed by atoms with Gasteiger partial charge < -0.3 is 11.5 Å². The summed E-state index contributed by atoms with van der Waals surface area (Å²) < 4.78 is 0. The molecule has 0 aromatic heterocycles. The second-order valence-corrected chi connectivity index (χ2v) is 6.99. The van der Waals surface area contributed by atoms with Crippen molar-refractivity contribution in [3.05, 3.63) is 90.0 Å². The van der Waals surface area contributed by atoms with E-state index in [0.29, 0.717) is 5.92 Å². The van der Waals surface area contributed by atoms with Crippen LogP contribution in [0.25, 0.3) is 16.7 Å². The number of hydrogen-bond acceptors (Lipinski definition) is 2. The highest BCUT2D eigenvalue weighted by atomic mass is 14.6. The van der Waals surface area contributed by atoms with Crippen molar-refractivity contribution in [1.29, 1.82) is 0 Å². The Morgan fingerprint density at radius 2 is 1.46 bits per heavy atom. The molecule has 0 heterocycles. The molecular weight excluding hydrogens is 316 g/mol. The van der Waals surface area contributed by atoms with Crippen molar-refractivity contribution in [2.75, 3.05) is 11.5 Å². The lowest BCUT2D eigenvalue weighted by atomic mass is 9.82. The van der Waals surface area contributed by atoms with Crippen LogP contribution in [-0.4, -0.2) is 0 Å². The first-order chi connectivity index (χ1) is 12.7. The first kappa shape index (κ1) is 16.5. The minimum Gasteiger partial charge on any atom is -0.398 e. The zero-order chi connectivity index (χ0) is 17.9. The van der Waals surface area contributed by atoms with E-state index < -0.39 is 0 Å². The lowest BCUT2D eigenvalue weighted by Gasteiger charge is -2.23. The van der Waals surface area contributed by atoms with E-state index in [1.165, 1.54) is 28.7 Å². The van der Waals surface area contributed by atoms with Crippen molar-refractivity contribution in [3.8, 4) is 11.1 Å². The molecule has 0 fully saturated rings. The van der Waals surface area contributed by atoms with Crippen LogP contribution in [0.15, 0.2) is 78.9 Å². The Kier molecular flexibility index (Phi) is 4.49. The molecule has 1 unspecified atom stereocenters. The second kappa shape index (κ2) is 7.09. The molecule has 0 amide bonds. The Bertz CT molecular complexity index is 956. The number of anilines is 2. The Labute approximate surface area is 155 Å². The predicted octanol–water partition coefficient (Wildman–Crippen LogP) is 5.87. The van der Waals surface area contributed by atoms with Gasteiger partial charge in [0.05, 0.1) is 0 Å². The molecule has 0 saturated heterocycles. The van der Waals surface area contributed by atoms with Gasteiger partial charge in [0.25, 0.3) is 0 Å². The lowest BCUT2D eigenvalue weighted by molar-refractivity contribution is 0.665. The summed E-state index contributed by atoms with van der Waals surface area (Å²) in [7, 11) is 0. The molecule has 3 aromatic rings. The summed E-state index contributed by atoms with van der Waals surface area (Å²) in [5.74, 6) is 0.394. The molecule has 26 heavy (non-hydrogen) atoms. The van der Waals surface area contributed by atoms with Crippen LogP contribution in [0.2, 0.25) is 0 Å². The van der Waals surface area contributed by atoms with Crippen LogP contribution in [0.5, 0.6) is 0 Å². The van der Waals surface area contributed by atoms with E-state index in [-0.39, 0.29) is 0 Å². The third-order valence-electron chi connectivity index (χ3n) is 5.26. The first-order valence-corrected chi connectivity index (χ1v) is 9.23. The van der Waals surface area contributed by atoms with Gasteiger partial charge in [-0.25, -0.2) is 0 Å². The molecule has 1 aliphatic rings. The van der Waals surface area contributed by atoms with E-state index >= 15 is 0 Å². The van der Waals surface area contributed by atoms with Gasteiger partial charge in [-0.15, -0.1) is 0 Å². The van der Waals surface area contributed by atoms with Gasteiger partial charge in [-0.1, -0.05) is 60.7 Å². The first-order valence-electron chi connectivity index (χ1n) is 9.23. The fraction of sp³-hybridized carbons (Fsp3) is 0.167. The third-order valence-corrected chi connectivity index (χ3v) is 5.26. The molecule has 2 nitrogen and oxygen atoms in total. The zero-order valence-electron chi connectivity index (χ0n) is 14.9. The van der Waals surface area contributed by atoms with Gasteiger partial charge in [0.15, 0.2) is 0 Å². The minimum atomic E-state index is 0.394. The second-order valence-electron chi connectivity index (χ2n) is 6.99. The summed E-state index contributed by atoms with van der Waals surface area (Å²) in [6, 6.07) is 25.0. The summed E-state index contributed by atoms with van der Waals surface area (Å²) in [5, 5.41) is 0. The Morgan fingerprint density at radius 3 is 2.27 bits per heavy atom. The summed E-state index contributed by atoms with van der Waals surface area (Å²) in [6.45, 7) is 0. The van der Waals surface area contributed by atoms with Crippen molar-refractivity contribution in [2.24, 2.45) is 0 Å². The maximum absolute atomic E-state index is 6.21. The topological polar surface area (TPSA) is 52.0 Å². The number of rotatable bonds is 3. The standard InChI is InChI=1S/C24H24N2/c25-23-13-3-1-11-21(23)19-9-5-7-17(15-19)18-8-6-10-20(16-18)22-12-2-4-14-24(22)26/h1-5,7,9,11-16,20H,6,8,10,25-26H2. The van der Waals surface area contributed by atoms with Gasteiger partial charge in [0.1, 0.15) is 0 Å². The Balaban J connectivity index is 1.70. The molecule has 4 rings (SSSR count). The zero-order valence-corrected chi connectivity index (χ0v) is 14.9. The van der Waals surface area contributed by atoms with E-state index in [1.807, 2.05) is 30.3 Å². The molecule has 1 atom stereocenters. The van der Waals surface area contributed by atoms with Gasteiger partial charge in [0.2, 0.25) is 0 Å². The van der Waals surface area contributed by atoms with Crippen molar-refractivity contribution >= 4 is 16.9 Å². The van der Waals surface area contributed by atoms with Gasteiger partial charge in [0, 0.05) is 22.9 Å². The lowest BCUT2D eigenvalue weighted by Crippen LogP contribution is -2.05. The predicted molar refractivity (Wildman–Crippen MR) is 112 cm³/mol. The van der Waals surface area contributed by atoms with Gasteiger partial charge in [-0.05, 0) is 59.7 Å². The van der Waals surface area contributed by atoms with E-state index in [4.69, 9.17) is 11.5 Å². The molecule has 2 heteroatoms. The highest BCUT2D eigenvalue weighted by molar-refractivity contribution is 5.79. The largest absolute Gasteiger partial charge is 0.398 e. The number of hydrogen-bond donors (Lipinski definition) is 2. The molecule has 3 aromatic carbocycles. The molecule has 130 valence electrons. The van der Waals surface area contributed by atoms with Crippen molar-refractivity contribution in [2.45, 2.75) is 25.2 Å². The Morgan fingerprint density at radius 1 is 0.731 bits per heavy atom. The van der Waals surface area contributed by atoms with E-state index in [2.05, 4.69) is 48.5 Å². The summed E-state index contributed by atoms with van der Waals surface area (Å²) in [6.07, 6.45) is 5.85. The van der Waals surface area contributed by atoms with Crippen LogP contribution in [0.4, 0.5) is 11.4 Å². The van der Waals surface area contributed by atoms with Crippen LogP contribution in [0.3, 0.4) is 0 Å². The maximum atomic E-state index is 6.21. The fourth-order valence-electron chi connectivity index (χ4n) is 3.90. The normalized spacial score (nSPS) is 16.9. The highest BCUT2D eigenvalue weighted by Gasteiger charge is 2.18. The van der Waals surface area contributed by atoms with Crippen LogP contribution in [-0.2, 0) is 0 Å². The van der Waals surface area contributed by atoms with Gasteiger partial charge in [-0.3, -0.25) is 0 Å². The van der Waals surface area contributed by atoms with Crippen LogP contribution in [0.1, 0.15) is 36.3 Å². The summed E-state index contributed by atoms with van der Waals surface area (Å²) in [5.41, 5.74) is 20.3. The third kappa shape index (κ3) is 3.23. The van der Waals surface area contributed by atoms with Crippen molar-refractivity contribution in [3.63, 3.8) is 0 Å². The van der Waals surface area contributed by atoms with Crippen LogP contribution in [0, 0.1) is 0 Å². The van der Waals surface area contributed by atoms with E-state index in [9.17, 15) is 0 Å². The van der Waals surface area contributed by atoms with E-state index in [0.717, 1.165) is 29.8 Å². The molecule has 1 aliphatic carbocycles. The molecule has 0 bridgehead atoms. The van der Waals surface area contributed by atoms with Gasteiger partial charge in [-0.2, -0.15) is 0 Å². The Hall–Kier alpha value is -3.00. The fourth-order valence-corrected chi connectivity index (χ4v) is 3.90. The number of nitrogen functional groups attached to an aromatic ring is 2. The monoisotopic (exact) mass is 340 g/mol. The number of allylic oxidation sites excluding steroid dienone is 2.